The molecule has 0 aromatic carbocycles. The third kappa shape index (κ3) is 5.10. The van der Waals surface area contributed by atoms with Crippen molar-refractivity contribution in [2.24, 2.45) is 5.92 Å². The van der Waals surface area contributed by atoms with E-state index in [1.54, 1.807) is 0 Å². The summed E-state index contributed by atoms with van der Waals surface area (Å²) in [6.45, 7) is -0.0392. The molecule has 0 radical (unpaired) electrons. The molecule has 1 aliphatic rings. The predicted molar refractivity (Wildman–Crippen MR) is 52.8 cm³/mol. The van der Waals surface area contributed by atoms with Gasteiger partial charge in [-0.3, -0.25) is 0 Å². The highest BCUT2D eigenvalue weighted by Gasteiger charge is 2.27. The van der Waals surface area contributed by atoms with Crippen molar-refractivity contribution in [3.63, 3.8) is 0 Å². The molecule has 1 atom stereocenters. The summed E-state index contributed by atoms with van der Waals surface area (Å²) in [5.41, 5.74) is 0. The number of aliphatic hydroxyl groups is 1. The van der Waals surface area contributed by atoms with Crippen LogP contribution < -0.4 is 4.72 Å². The van der Waals surface area contributed by atoms with Crippen molar-refractivity contribution in [1.29, 1.82) is 0 Å². The van der Waals surface area contributed by atoms with Crippen LogP contribution >= 0.6 is 0 Å². The van der Waals surface area contributed by atoms with E-state index in [4.69, 9.17) is 10.2 Å². The van der Waals surface area contributed by atoms with Gasteiger partial charge in [-0.1, -0.05) is 0 Å². The molecule has 1 saturated carbocycles. The standard InChI is InChI=1S/C8H15NO5S/c10-7(8(11)12)3-4-9-15(13,14)5-6-1-2-6/h6-7,9-10H,1-5H2,(H,11,12). The lowest BCUT2D eigenvalue weighted by atomic mass is 10.3. The van der Waals surface area contributed by atoms with Gasteiger partial charge in [0.25, 0.3) is 0 Å². The molecule has 1 aliphatic carbocycles. The number of carbonyl (C=O) groups is 1. The largest absolute Gasteiger partial charge is 0.479 e. The first-order valence-corrected chi connectivity index (χ1v) is 6.44. The fourth-order valence-electron chi connectivity index (χ4n) is 1.13. The van der Waals surface area contributed by atoms with Gasteiger partial charge in [0.2, 0.25) is 10.0 Å². The van der Waals surface area contributed by atoms with E-state index >= 15 is 0 Å². The number of rotatable bonds is 7. The summed E-state index contributed by atoms with van der Waals surface area (Å²) in [7, 11) is -3.29. The van der Waals surface area contributed by atoms with Gasteiger partial charge in [-0.25, -0.2) is 17.9 Å². The summed E-state index contributed by atoms with van der Waals surface area (Å²) in [5.74, 6) is -0.973. The number of carboxylic acids is 1. The molecule has 15 heavy (non-hydrogen) atoms. The summed E-state index contributed by atoms with van der Waals surface area (Å²) in [6.07, 6.45) is 0.268. The first-order valence-electron chi connectivity index (χ1n) is 4.79. The van der Waals surface area contributed by atoms with Crippen molar-refractivity contribution < 1.29 is 23.4 Å². The van der Waals surface area contributed by atoms with Crippen molar-refractivity contribution in [2.45, 2.75) is 25.4 Å². The summed E-state index contributed by atoms with van der Waals surface area (Å²) < 4.78 is 24.8. The molecule has 1 fully saturated rings. The molecule has 6 nitrogen and oxygen atoms in total. The van der Waals surface area contributed by atoms with Crippen molar-refractivity contribution in [2.75, 3.05) is 12.3 Å². The third-order valence-electron chi connectivity index (χ3n) is 2.18. The maximum atomic E-state index is 11.3. The average Bonchev–Trinajstić information content (AvgIpc) is 2.86. The Morgan fingerprint density at radius 1 is 1.47 bits per heavy atom. The predicted octanol–water partition coefficient (Wildman–Crippen LogP) is -0.849. The van der Waals surface area contributed by atoms with Crippen LogP contribution in [0.2, 0.25) is 0 Å². The molecule has 88 valence electrons. The maximum absolute atomic E-state index is 11.3. The number of aliphatic hydroxyl groups excluding tert-OH is 1. The molecule has 0 saturated heterocycles. The summed E-state index contributed by atoms with van der Waals surface area (Å²) in [4.78, 5) is 10.2. The Labute approximate surface area is 88.3 Å². The van der Waals surface area contributed by atoms with E-state index < -0.39 is 22.1 Å². The zero-order valence-corrected chi connectivity index (χ0v) is 9.03. The van der Waals surface area contributed by atoms with E-state index in [2.05, 4.69) is 4.72 Å². The molecule has 0 aliphatic heterocycles. The van der Waals surface area contributed by atoms with E-state index in [1.165, 1.54) is 0 Å². The van der Waals surface area contributed by atoms with Gasteiger partial charge in [-0.2, -0.15) is 0 Å². The molecule has 0 aromatic heterocycles. The van der Waals surface area contributed by atoms with Gasteiger partial charge < -0.3 is 10.2 Å². The summed E-state index contributed by atoms with van der Waals surface area (Å²) in [6, 6.07) is 0. The fraction of sp³-hybridized carbons (Fsp3) is 0.875. The number of nitrogens with one attached hydrogen (secondary N) is 1. The van der Waals surface area contributed by atoms with E-state index in [0.29, 0.717) is 0 Å². The molecular formula is C8H15NO5S. The molecule has 0 spiro atoms. The first-order chi connectivity index (χ1) is 6.91. The van der Waals surface area contributed by atoms with Gasteiger partial charge in [0.15, 0.2) is 6.10 Å². The quantitative estimate of drug-likeness (QED) is 0.535. The lowest BCUT2D eigenvalue weighted by molar-refractivity contribution is -0.146. The van der Waals surface area contributed by atoms with Crippen molar-refractivity contribution >= 4 is 16.0 Å². The monoisotopic (exact) mass is 237 g/mol. The lowest BCUT2D eigenvalue weighted by Gasteiger charge is -2.07. The van der Waals surface area contributed by atoms with Crippen LogP contribution in [0, 0.1) is 5.92 Å². The summed E-state index contributed by atoms with van der Waals surface area (Å²) in [5, 5.41) is 17.2. The van der Waals surface area contributed by atoms with E-state index in [1.807, 2.05) is 0 Å². The molecule has 0 heterocycles. The summed E-state index contributed by atoms with van der Waals surface area (Å²) >= 11 is 0. The Bertz CT molecular complexity index is 322. The molecule has 0 aromatic rings. The van der Waals surface area contributed by atoms with Crippen LogP contribution in [0.25, 0.3) is 0 Å². The minimum absolute atomic E-state index is 0.0392. The minimum atomic E-state index is -3.29. The zero-order valence-electron chi connectivity index (χ0n) is 8.22. The second kappa shape index (κ2) is 4.91. The normalized spacial score (nSPS) is 18.7. The second-order valence-corrected chi connectivity index (χ2v) is 5.61. The molecule has 0 bridgehead atoms. The number of sulfonamides is 1. The highest BCUT2D eigenvalue weighted by molar-refractivity contribution is 7.89. The highest BCUT2D eigenvalue weighted by atomic mass is 32.2. The third-order valence-corrected chi connectivity index (χ3v) is 3.73. The van der Waals surface area contributed by atoms with Crippen LogP contribution in [0.4, 0.5) is 0 Å². The minimum Gasteiger partial charge on any atom is -0.479 e. The second-order valence-electron chi connectivity index (χ2n) is 3.76. The molecule has 3 N–H and O–H groups in total. The molecular weight excluding hydrogens is 222 g/mol. The average molecular weight is 237 g/mol. The maximum Gasteiger partial charge on any atom is 0.332 e. The first kappa shape index (κ1) is 12.4. The van der Waals surface area contributed by atoms with E-state index in [0.717, 1.165) is 12.8 Å². The van der Waals surface area contributed by atoms with Crippen LogP contribution in [0.1, 0.15) is 19.3 Å². The number of hydrogen-bond donors (Lipinski definition) is 3. The van der Waals surface area contributed by atoms with Crippen molar-refractivity contribution in [3.8, 4) is 0 Å². The fourth-order valence-corrected chi connectivity index (χ4v) is 2.63. The molecule has 1 rings (SSSR count). The Morgan fingerprint density at radius 2 is 2.07 bits per heavy atom. The Kier molecular flexibility index (Phi) is 4.06. The van der Waals surface area contributed by atoms with Crippen LogP contribution in [0.3, 0.4) is 0 Å². The van der Waals surface area contributed by atoms with Crippen LogP contribution in [-0.2, 0) is 14.8 Å². The van der Waals surface area contributed by atoms with Gasteiger partial charge in [-0.05, 0) is 25.2 Å². The van der Waals surface area contributed by atoms with E-state index in [-0.39, 0.29) is 24.6 Å². The Hall–Kier alpha value is -0.660. The van der Waals surface area contributed by atoms with Crippen LogP contribution in [-0.4, -0.2) is 43.0 Å². The lowest BCUT2D eigenvalue weighted by Crippen LogP contribution is -2.32. The SMILES string of the molecule is O=C(O)C(O)CCNS(=O)(=O)CC1CC1. The highest BCUT2D eigenvalue weighted by Crippen LogP contribution is 2.29. The number of aliphatic carboxylic acids is 1. The van der Waals surface area contributed by atoms with Gasteiger partial charge >= 0.3 is 5.97 Å². The zero-order chi connectivity index (χ0) is 11.5. The van der Waals surface area contributed by atoms with Crippen LogP contribution in [0.5, 0.6) is 0 Å². The Balaban J connectivity index is 2.20. The van der Waals surface area contributed by atoms with Gasteiger partial charge in [0.1, 0.15) is 0 Å². The molecule has 1 unspecified atom stereocenters. The smallest absolute Gasteiger partial charge is 0.332 e. The van der Waals surface area contributed by atoms with E-state index in [9.17, 15) is 13.2 Å². The van der Waals surface area contributed by atoms with Crippen molar-refractivity contribution in [1.82, 2.24) is 4.72 Å². The Morgan fingerprint density at radius 3 is 2.53 bits per heavy atom. The van der Waals surface area contributed by atoms with Crippen molar-refractivity contribution in [3.05, 3.63) is 0 Å². The number of carboxylic acid groups (broad SMARTS) is 1. The van der Waals surface area contributed by atoms with Gasteiger partial charge in [-0.15, -0.1) is 0 Å². The molecule has 7 heteroatoms. The molecule has 0 amide bonds. The van der Waals surface area contributed by atoms with Crippen LogP contribution in [0.15, 0.2) is 0 Å². The van der Waals surface area contributed by atoms with Gasteiger partial charge in [0, 0.05) is 6.54 Å². The van der Waals surface area contributed by atoms with Gasteiger partial charge in [0.05, 0.1) is 5.75 Å². The topological polar surface area (TPSA) is 104 Å². The number of hydrogen-bond acceptors (Lipinski definition) is 4.